The number of nitrogens with one attached hydrogen (secondary N) is 1. The Labute approximate surface area is 169 Å². The fourth-order valence-electron chi connectivity index (χ4n) is 3.55. The second kappa shape index (κ2) is 9.19. The van der Waals surface area contributed by atoms with Gasteiger partial charge in [-0.05, 0) is 38.8 Å². The maximum Gasteiger partial charge on any atom is 0.332 e. The lowest BCUT2D eigenvalue weighted by molar-refractivity contribution is 0.180. The molecule has 8 heteroatoms. The molecule has 29 heavy (non-hydrogen) atoms. The number of aryl methyl sites for hydroxylation is 1. The highest BCUT2D eigenvalue weighted by atomic mass is 16.3. The minimum Gasteiger partial charge on any atom is -0.393 e. The summed E-state index contributed by atoms with van der Waals surface area (Å²) in [6, 6.07) is 9.88. The fraction of sp³-hybridized carbons (Fsp3) is 0.476. The number of rotatable bonds is 9. The summed E-state index contributed by atoms with van der Waals surface area (Å²) in [5.41, 5.74) is 1.23. The zero-order valence-electron chi connectivity index (χ0n) is 17.3. The third-order valence-electron chi connectivity index (χ3n) is 5.08. The van der Waals surface area contributed by atoms with Crippen LogP contribution in [0.5, 0.6) is 0 Å². The third-order valence-corrected chi connectivity index (χ3v) is 5.08. The van der Waals surface area contributed by atoms with Gasteiger partial charge < -0.3 is 15.0 Å². The largest absolute Gasteiger partial charge is 0.393 e. The number of fused-ring (bicyclic) bond motifs is 1. The van der Waals surface area contributed by atoms with Crippen LogP contribution in [0, 0.1) is 0 Å². The minimum absolute atomic E-state index is 0.314. The summed E-state index contributed by atoms with van der Waals surface area (Å²) in [7, 11) is 3.48. The molecule has 0 aliphatic carbocycles. The molecule has 2 N–H and O–H groups in total. The van der Waals surface area contributed by atoms with E-state index in [1.54, 1.807) is 14.0 Å². The summed E-state index contributed by atoms with van der Waals surface area (Å²) in [6.07, 6.45) is 1.67. The highest BCUT2D eigenvalue weighted by Crippen LogP contribution is 2.14. The van der Waals surface area contributed by atoms with Crippen LogP contribution in [0.2, 0.25) is 0 Å². The van der Waals surface area contributed by atoms with Gasteiger partial charge in [0.2, 0.25) is 0 Å². The van der Waals surface area contributed by atoms with Gasteiger partial charge >= 0.3 is 5.69 Å². The molecular weight excluding hydrogens is 370 g/mol. The molecule has 0 aliphatic heterocycles. The summed E-state index contributed by atoms with van der Waals surface area (Å²) in [5.74, 6) is 0.713. The second-order valence-corrected chi connectivity index (χ2v) is 7.45. The van der Waals surface area contributed by atoms with Crippen LogP contribution >= 0.6 is 0 Å². The number of imidazole rings is 1. The van der Waals surface area contributed by atoms with Gasteiger partial charge in [-0.15, -0.1) is 0 Å². The second-order valence-electron chi connectivity index (χ2n) is 7.45. The quantitative estimate of drug-likeness (QED) is 0.528. The Bertz CT molecular complexity index is 1080. The van der Waals surface area contributed by atoms with Gasteiger partial charge in [-0.25, -0.2) is 9.78 Å². The van der Waals surface area contributed by atoms with Crippen molar-refractivity contribution in [3.63, 3.8) is 0 Å². The van der Waals surface area contributed by atoms with Crippen molar-refractivity contribution in [2.45, 2.75) is 51.9 Å². The highest BCUT2D eigenvalue weighted by molar-refractivity contribution is 5.71. The topological polar surface area (TPSA) is 94.1 Å². The van der Waals surface area contributed by atoms with Crippen LogP contribution in [0.1, 0.15) is 37.6 Å². The highest BCUT2D eigenvalue weighted by Gasteiger charge is 2.20. The molecule has 8 nitrogen and oxygen atoms in total. The number of aliphatic hydroxyl groups is 1. The van der Waals surface area contributed by atoms with E-state index in [-0.39, 0.29) is 17.4 Å². The van der Waals surface area contributed by atoms with Gasteiger partial charge in [0.25, 0.3) is 5.56 Å². The molecule has 0 aliphatic rings. The Balaban J connectivity index is 2.09. The first kappa shape index (κ1) is 21.0. The monoisotopic (exact) mass is 399 g/mol. The van der Waals surface area contributed by atoms with E-state index < -0.39 is 0 Å². The summed E-state index contributed by atoms with van der Waals surface area (Å²) < 4.78 is 4.64. The van der Waals surface area contributed by atoms with Crippen molar-refractivity contribution in [1.29, 1.82) is 0 Å². The molecule has 1 aromatic carbocycles. The summed E-state index contributed by atoms with van der Waals surface area (Å²) in [5, 5.41) is 12.5. The van der Waals surface area contributed by atoms with Crippen LogP contribution in [0.25, 0.3) is 11.2 Å². The predicted octanol–water partition coefficient (Wildman–Crippen LogP) is 1.22. The van der Waals surface area contributed by atoms with Crippen molar-refractivity contribution in [1.82, 2.24) is 24.0 Å². The zero-order chi connectivity index (χ0) is 21.0. The van der Waals surface area contributed by atoms with Gasteiger partial charge in [-0.3, -0.25) is 13.9 Å². The standard InChI is InChI=1S/C21H29N5O3/c1-15(27)9-7-8-12-25-20(28)18-19(24(3)21(25)29)23-17(13-22-2)26(18)14-16-10-5-4-6-11-16/h4-6,10-11,15,22,27H,7-9,12-14H2,1-3H3/t15-/m0/s1. The number of unbranched alkanes of at least 4 members (excludes halogenated alkanes) is 1. The van der Waals surface area contributed by atoms with Crippen molar-refractivity contribution < 1.29 is 5.11 Å². The lowest BCUT2D eigenvalue weighted by Crippen LogP contribution is -2.39. The number of benzene rings is 1. The average Bonchev–Trinajstić information content (AvgIpc) is 3.05. The van der Waals surface area contributed by atoms with Crippen LogP contribution < -0.4 is 16.6 Å². The number of hydrogen-bond donors (Lipinski definition) is 2. The maximum absolute atomic E-state index is 13.3. The van der Waals surface area contributed by atoms with Crippen LogP contribution in [0.3, 0.4) is 0 Å². The Morgan fingerprint density at radius 2 is 1.86 bits per heavy atom. The number of aromatic nitrogens is 4. The maximum atomic E-state index is 13.3. The van der Waals surface area contributed by atoms with E-state index in [0.29, 0.717) is 49.5 Å². The molecule has 0 fully saturated rings. The van der Waals surface area contributed by atoms with Crippen molar-refractivity contribution >= 4 is 11.2 Å². The third kappa shape index (κ3) is 4.49. The molecule has 1 atom stereocenters. The first-order chi connectivity index (χ1) is 13.9. The molecule has 0 amide bonds. The molecule has 0 radical (unpaired) electrons. The van der Waals surface area contributed by atoms with Gasteiger partial charge in [-0.1, -0.05) is 30.3 Å². The first-order valence-corrected chi connectivity index (χ1v) is 9.99. The van der Waals surface area contributed by atoms with Crippen molar-refractivity contribution in [3.05, 3.63) is 62.6 Å². The SMILES string of the molecule is CNCc1nc2c(c(=O)n(CCCC[C@H](C)O)c(=O)n2C)n1Cc1ccccc1. The van der Waals surface area contributed by atoms with Gasteiger partial charge in [0.15, 0.2) is 11.2 Å². The normalized spacial score (nSPS) is 12.6. The van der Waals surface area contributed by atoms with Crippen molar-refractivity contribution in [2.24, 2.45) is 7.05 Å². The molecule has 0 saturated heterocycles. The van der Waals surface area contributed by atoms with Crippen LogP contribution in [0.4, 0.5) is 0 Å². The van der Waals surface area contributed by atoms with E-state index in [1.165, 1.54) is 9.13 Å². The van der Waals surface area contributed by atoms with E-state index >= 15 is 0 Å². The average molecular weight is 399 g/mol. The molecule has 0 unspecified atom stereocenters. The van der Waals surface area contributed by atoms with Gasteiger partial charge in [-0.2, -0.15) is 0 Å². The Morgan fingerprint density at radius 1 is 1.14 bits per heavy atom. The Hall–Kier alpha value is -2.71. The molecule has 2 heterocycles. The molecule has 3 aromatic rings. The summed E-state index contributed by atoms with van der Waals surface area (Å²) >= 11 is 0. The molecule has 0 spiro atoms. The number of aliphatic hydroxyl groups excluding tert-OH is 1. The Kier molecular flexibility index (Phi) is 6.66. The molecule has 3 rings (SSSR count). The number of hydrogen-bond acceptors (Lipinski definition) is 5. The van der Waals surface area contributed by atoms with Crippen LogP contribution in [-0.4, -0.2) is 36.9 Å². The molecule has 2 aromatic heterocycles. The van der Waals surface area contributed by atoms with Crippen LogP contribution in [-0.2, 0) is 26.7 Å². The molecule has 0 saturated carbocycles. The van der Waals surface area contributed by atoms with E-state index in [2.05, 4.69) is 10.3 Å². The molecular formula is C21H29N5O3. The minimum atomic E-state index is -0.381. The van der Waals surface area contributed by atoms with Crippen LogP contribution in [0.15, 0.2) is 39.9 Å². The van der Waals surface area contributed by atoms with Gasteiger partial charge in [0, 0.05) is 20.1 Å². The van der Waals surface area contributed by atoms with Crippen molar-refractivity contribution in [2.75, 3.05) is 7.05 Å². The van der Waals surface area contributed by atoms with Gasteiger partial charge in [0.05, 0.1) is 12.6 Å². The van der Waals surface area contributed by atoms with Crippen molar-refractivity contribution in [3.8, 4) is 0 Å². The zero-order valence-corrected chi connectivity index (χ0v) is 17.3. The van der Waals surface area contributed by atoms with E-state index in [4.69, 9.17) is 0 Å². The number of nitrogens with zero attached hydrogens (tertiary/aromatic N) is 4. The lowest BCUT2D eigenvalue weighted by Gasteiger charge is -2.11. The predicted molar refractivity (Wildman–Crippen MR) is 113 cm³/mol. The fourth-order valence-corrected chi connectivity index (χ4v) is 3.55. The first-order valence-electron chi connectivity index (χ1n) is 9.99. The molecule has 0 bridgehead atoms. The lowest BCUT2D eigenvalue weighted by atomic mass is 10.2. The molecule has 156 valence electrons. The smallest absolute Gasteiger partial charge is 0.332 e. The van der Waals surface area contributed by atoms with E-state index in [9.17, 15) is 14.7 Å². The Morgan fingerprint density at radius 3 is 2.52 bits per heavy atom. The summed E-state index contributed by atoms with van der Waals surface area (Å²) in [6.45, 7) is 3.06. The van der Waals surface area contributed by atoms with E-state index in [0.717, 1.165) is 12.0 Å². The van der Waals surface area contributed by atoms with Gasteiger partial charge in [0.1, 0.15) is 5.82 Å². The van der Waals surface area contributed by atoms with E-state index in [1.807, 2.05) is 41.9 Å². The summed E-state index contributed by atoms with van der Waals surface area (Å²) in [4.78, 5) is 30.7.